The number of hydrogen-bond donors (Lipinski definition) is 1. The number of benzene rings is 3. The van der Waals surface area contributed by atoms with E-state index in [4.69, 9.17) is 0 Å². The van der Waals surface area contributed by atoms with Gasteiger partial charge in [0, 0.05) is 0 Å². The van der Waals surface area contributed by atoms with Crippen molar-refractivity contribution in [2.45, 2.75) is 50.5 Å². The SMILES string of the molecule is CC(C)c1cccc(C(C)C)c1N1C[C@H](c2ccccc2)N(c2ccccc2S(=O)(=O)O)[C]1=[Ag]. The first-order valence-electron chi connectivity index (χ1n) is 11.4. The Morgan fingerprint density at radius 1 is 0.853 bits per heavy atom. The first kappa shape index (κ1) is 24.9. The van der Waals surface area contributed by atoms with Crippen LogP contribution in [0.4, 0.5) is 11.4 Å². The number of hydrogen-bond acceptors (Lipinski definition) is 4. The molecule has 0 saturated carbocycles. The van der Waals surface area contributed by atoms with Crippen molar-refractivity contribution in [3.8, 4) is 0 Å². The van der Waals surface area contributed by atoms with E-state index in [2.05, 4.69) is 83.5 Å². The Morgan fingerprint density at radius 2 is 1.41 bits per heavy atom. The quantitative estimate of drug-likeness (QED) is 0.296. The number of rotatable bonds is 6. The maximum atomic E-state index is 12.3. The van der Waals surface area contributed by atoms with Gasteiger partial charge in [-0.15, -0.1) is 0 Å². The number of nitrogens with zero attached hydrogens (tertiary/aromatic N) is 2. The summed E-state index contributed by atoms with van der Waals surface area (Å²) in [5, 5.41) is 0. The second kappa shape index (κ2) is 9.80. The fraction of sp³-hybridized carbons (Fsp3) is 0.296. The van der Waals surface area contributed by atoms with Crippen LogP contribution in [0.15, 0.2) is 77.7 Å². The molecule has 0 radical (unpaired) electrons. The van der Waals surface area contributed by atoms with E-state index in [1.54, 1.807) is 18.2 Å². The zero-order valence-corrected chi connectivity index (χ0v) is 22.0. The molecule has 1 atom stereocenters. The normalized spacial score (nSPS) is 16.7. The van der Waals surface area contributed by atoms with E-state index in [9.17, 15) is 13.0 Å². The molecule has 3 aromatic carbocycles. The van der Waals surface area contributed by atoms with E-state index in [0.717, 1.165) is 15.2 Å². The van der Waals surface area contributed by atoms with Crippen molar-refractivity contribution in [2.75, 3.05) is 16.3 Å². The third-order valence-corrected chi connectivity index (χ3v) is 7.91. The van der Waals surface area contributed by atoms with Gasteiger partial charge < -0.3 is 0 Å². The van der Waals surface area contributed by atoms with Crippen LogP contribution in [0.25, 0.3) is 0 Å². The molecule has 7 heteroatoms. The molecule has 0 aliphatic carbocycles. The predicted molar refractivity (Wildman–Crippen MR) is 135 cm³/mol. The van der Waals surface area contributed by atoms with Gasteiger partial charge in [0.15, 0.2) is 0 Å². The Balaban J connectivity index is 1.95. The summed E-state index contributed by atoms with van der Waals surface area (Å²) in [6.45, 7) is 9.37. The average Bonchev–Trinajstić information content (AvgIpc) is 3.15. The van der Waals surface area contributed by atoms with Crippen molar-refractivity contribution >= 4 is 25.5 Å². The summed E-state index contributed by atoms with van der Waals surface area (Å²) in [7, 11) is -4.42. The molecule has 0 amide bonds. The van der Waals surface area contributed by atoms with Crippen molar-refractivity contribution in [3.63, 3.8) is 0 Å². The first-order valence-corrected chi connectivity index (χ1v) is 13.6. The molecule has 183 valence electrons. The van der Waals surface area contributed by atoms with Crippen LogP contribution in [0.5, 0.6) is 0 Å². The molecule has 0 unspecified atom stereocenters. The van der Waals surface area contributed by atoms with Crippen LogP contribution >= 0.6 is 0 Å². The van der Waals surface area contributed by atoms with Crippen LogP contribution < -0.4 is 9.80 Å². The van der Waals surface area contributed by atoms with Gasteiger partial charge in [-0.2, -0.15) is 0 Å². The van der Waals surface area contributed by atoms with Gasteiger partial charge in [0.2, 0.25) is 0 Å². The van der Waals surface area contributed by atoms with Crippen LogP contribution in [0.3, 0.4) is 0 Å². The molecule has 1 aliphatic heterocycles. The Kier molecular flexibility index (Phi) is 7.17. The van der Waals surface area contributed by atoms with Gasteiger partial charge >= 0.3 is 215 Å². The van der Waals surface area contributed by atoms with Gasteiger partial charge in [0.05, 0.1) is 0 Å². The third-order valence-electron chi connectivity index (χ3n) is 6.25. The first-order chi connectivity index (χ1) is 16.1. The molecule has 1 heterocycles. The molecule has 1 N–H and O–H groups in total. The van der Waals surface area contributed by atoms with Crippen LogP contribution in [0.1, 0.15) is 62.3 Å². The van der Waals surface area contributed by atoms with E-state index >= 15 is 0 Å². The molecule has 1 fully saturated rings. The summed E-state index contributed by atoms with van der Waals surface area (Å²) in [6.07, 6.45) is 0. The second-order valence-corrected chi connectivity index (χ2v) is 11.2. The van der Waals surface area contributed by atoms with Gasteiger partial charge in [0.1, 0.15) is 0 Å². The van der Waals surface area contributed by atoms with Gasteiger partial charge in [-0.3, -0.25) is 0 Å². The summed E-state index contributed by atoms with van der Waals surface area (Å²) in [5.74, 6) is 0.617. The summed E-state index contributed by atoms with van der Waals surface area (Å²) >= 11 is 3.87. The molecule has 34 heavy (non-hydrogen) atoms. The van der Waals surface area contributed by atoms with Crippen LogP contribution in [0, 0.1) is 0 Å². The van der Waals surface area contributed by atoms with Crippen LogP contribution in [-0.4, -0.2) is 23.5 Å². The molecule has 0 bridgehead atoms. The van der Waals surface area contributed by atoms with Crippen LogP contribution in [0.2, 0.25) is 0 Å². The molecule has 5 nitrogen and oxygen atoms in total. The molecule has 3 aromatic rings. The minimum absolute atomic E-state index is 0.115. The molecular weight excluding hydrogens is 540 g/mol. The minimum atomic E-state index is -4.42. The van der Waals surface area contributed by atoms with Crippen molar-refractivity contribution in [1.29, 1.82) is 0 Å². The molecule has 4 rings (SSSR count). The molecule has 1 aliphatic rings. The Labute approximate surface area is 214 Å². The van der Waals surface area contributed by atoms with Crippen molar-refractivity contribution in [2.24, 2.45) is 0 Å². The molecule has 0 aromatic heterocycles. The molecular formula is C27H30AgN2O3S. The van der Waals surface area contributed by atoms with E-state index in [-0.39, 0.29) is 10.9 Å². The zero-order valence-electron chi connectivity index (χ0n) is 19.7. The number of anilines is 2. The van der Waals surface area contributed by atoms with Gasteiger partial charge in [-0.25, -0.2) is 0 Å². The number of para-hydroxylation sites is 2. The fourth-order valence-electron chi connectivity index (χ4n) is 4.63. The standard InChI is InChI=1S/C27H30N2O3S.Ag/c1-19(2)22-13-10-14-23(20(3)4)27(22)28-17-25(21-11-6-5-7-12-21)29(18-28)24-15-8-9-16-26(24)33(30,31)32;/h5-16,19-20,25H,17H2,1-4H3,(H,30,31,32);/t25-;/m1./s1. The van der Waals surface area contributed by atoms with Gasteiger partial charge in [-0.1, -0.05) is 0 Å². The summed E-state index contributed by atoms with van der Waals surface area (Å²) < 4.78 is 35.3. The van der Waals surface area contributed by atoms with Gasteiger partial charge in [0.25, 0.3) is 0 Å². The summed E-state index contributed by atoms with van der Waals surface area (Å²) in [6, 6.07) is 22.9. The Hall–Kier alpha value is -2.22. The zero-order chi connectivity index (χ0) is 24.6. The topological polar surface area (TPSA) is 60.9 Å². The summed E-state index contributed by atoms with van der Waals surface area (Å²) in [4.78, 5) is 4.09. The molecule has 1 saturated heterocycles. The van der Waals surface area contributed by atoms with Crippen molar-refractivity contribution in [1.82, 2.24) is 0 Å². The van der Waals surface area contributed by atoms with Crippen LogP contribution in [-0.2, 0) is 30.7 Å². The van der Waals surface area contributed by atoms with Crippen molar-refractivity contribution < 1.29 is 33.6 Å². The second-order valence-electron chi connectivity index (χ2n) is 9.18. The fourth-order valence-corrected chi connectivity index (χ4v) is 6.02. The Morgan fingerprint density at radius 3 is 1.97 bits per heavy atom. The summed E-state index contributed by atoms with van der Waals surface area (Å²) in [5.41, 5.74) is 5.10. The van der Waals surface area contributed by atoms with E-state index in [1.165, 1.54) is 17.2 Å². The van der Waals surface area contributed by atoms with E-state index in [1.807, 2.05) is 23.1 Å². The van der Waals surface area contributed by atoms with Gasteiger partial charge in [-0.05, 0) is 0 Å². The van der Waals surface area contributed by atoms with Crippen molar-refractivity contribution in [3.05, 3.63) is 89.5 Å². The molecule has 0 spiro atoms. The monoisotopic (exact) mass is 569 g/mol. The Bertz CT molecular complexity index is 1280. The van der Waals surface area contributed by atoms with E-state index < -0.39 is 10.1 Å². The average molecular weight is 570 g/mol. The predicted octanol–water partition coefficient (Wildman–Crippen LogP) is 5.88. The maximum absolute atomic E-state index is 12.3. The van der Waals surface area contributed by atoms with E-state index in [0.29, 0.717) is 24.1 Å². The third kappa shape index (κ3) is 4.66.